The largest absolute Gasteiger partial charge is 0.494 e. The summed E-state index contributed by atoms with van der Waals surface area (Å²) in [5.74, 6) is 0.566. The summed E-state index contributed by atoms with van der Waals surface area (Å²) in [5.41, 5.74) is 1.48. The lowest BCUT2D eigenvalue weighted by atomic mass is 9.98. The first-order chi connectivity index (χ1) is 14.7. The molecule has 0 N–H and O–H groups in total. The van der Waals surface area contributed by atoms with Gasteiger partial charge in [-0.15, -0.1) is 0 Å². The number of carbonyl (C=O) groups is 1. The molecule has 154 valence electrons. The van der Waals surface area contributed by atoms with Gasteiger partial charge < -0.3 is 18.8 Å². The normalized spacial score (nSPS) is 20.7. The molecule has 1 fully saturated rings. The Labute approximate surface area is 174 Å². The van der Waals surface area contributed by atoms with Crippen molar-refractivity contribution in [2.24, 2.45) is 0 Å². The van der Waals surface area contributed by atoms with Gasteiger partial charge in [0.2, 0.25) is 5.76 Å². The van der Waals surface area contributed by atoms with Gasteiger partial charge in [0.05, 0.1) is 29.7 Å². The minimum absolute atomic E-state index is 0.0367. The predicted octanol–water partition coefficient (Wildman–Crippen LogP) is 3.92. The summed E-state index contributed by atoms with van der Waals surface area (Å²) in [4.78, 5) is 28.5. The van der Waals surface area contributed by atoms with Crippen molar-refractivity contribution in [2.75, 3.05) is 19.8 Å². The van der Waals surface area contributed by atoms with E-state index in [0.717, 1.165) is 18.4 Å². The second-order valence-corrected chi connectivity index (χ2v) is 7.67. The Morgan fingerprint density at radius 3 is 2.80 bits per heavy atom. The molecule has 0 aliphatic carbocycles. The second-order valence-electron chi connectivity index (χ2n) is 7.67. The number of benzene rings is 2. The van der Waals surface area contributed by atoms with Crippen molar-refractivity contribution in [2.45, 2.75) is 31.9 Å². The van der Waals surface area contributed by atoms with Crippen molar-refractivity contribution < 1.29 is 18.7 Å². The molecule has 3 aromatic rings. The van der Waals surface area contributed by atoms with E-state index in [1.54, 1.807) is 29.2 Å². The van der Waals surface area contributed by atoms with Crippen molar-refractivity contribution in [3.63, 3.8) is 0 Å². The van der Waals surface area contributed by atoms with Crippen LogP contribution in [0.4, 0.5) is 0 Å². The number of rotatable bonds is 5. The summed E-state index contributed by atoms with van der Waals surface area (Å²) < 4.78 is 17.4. The van der Waals surface area contributed by atoms with E-state index >= 15 is 0 Å². The van der Waals surface area contributed by atoms with E-state index in [2.05, 4.69) is 0 Å². The fourth-order valence-electron chi connectivity index (χ4n) is 4.45. The Morgan fingerprint density at radius 2 is 2.00 bits per heavy atom. The number of carbonyl (C=O) groups excluding carboxylic acids is 1. The van der Waals surface area contributed by atoms with Crippen LogP contribution in [-0.2, 0) is 4.74 Å². The van der Waals surface area contributed by atoms with Gasteiger partial charge in [-0.3, -0.25) is 9.59 Å². The molecule has 30 heavy (non-hydrogen) atoms. The van der Waals surface area contributed by atoms with Crippen LogP contribution in [0.3, 0.4) is 0 Å². The van der Waals surface area contributed by atoms with Gasteiger partial charge in [-0.1, -0.05) is 24.3 Å². The van der Waals surface area contributed by atoms with E-state index in [1.165, 1.54) is 0 Å². The van der Waals surface area contributed by atoms with Gasteiger partial charge in [0.25, 0.3) is 5.91 Å². The topological polar surface area (TPSA) is 69.0 Å². The number of para-hydroxylation sites is 1. The molecule has 0 bridgehead atoms. The van der Waals surface area contributed by atoms with Crippen molar-refractivity contribution >= 4 is 16.9 Å². The molecule has 1 amide bonds. The van der Waals surface area contributed by atoms with Gasteiger partial charge in [0.15, 0.2) is 5.43 Å². The van der Waals surface area contributed by atoms with Crippen LogP contribution in [-0.4, -0.2) is 36.7 Å². The maximum Gasteiger partial charge on any atom is 0.291 e. The molecule has 6 heteroatoms. The van der Waals surface area contributed by atoms with E-state index in [1.807, 2.05) is 31.2 Å². The van der Waals surface area contributed by atoms with Crippen LogP contribution < -0.4 is 10.2 Å². The summed E-state index contributed by atoms with van der Waals surface area (Å²) >= 11 is 0. The van der Waals surface area contributed by atoms with Crippen LogP contribution in [0, 0.1) is 0 Å². The minimum Gasteiger partial charge on any atom is -0.494 e. The highest BCUT2D eigenvalue weighted by Gasteiger charge is 2.44. The monoisotopic (exact) mass is 405 g/mol. The molecule has 5 rings (SSSR count). The maximum absolute atomic E-state index is 13.4. The highest BCUT2D eigenvalue weighted by atomic mass is 16.5. The third-order valence-electron chi connectivity index (χ3n) is 5.78. The van der Waals surface area contributed by atoms with Gasteiger partial charge >= 0.3 is 0 Å². The fourth-order valence-corrected chi connectivity index (χ4v) is 4.45. The van der Waals surface area contributed by atoms with Crippen LogP contribution >= 0.6 is 0 Å². The van der Waals surface area contributed by atoms with Gasteiger partial charge in [-0.2, -0.15) is 0 Å². The Kier molecular flexibility index (Phi) is 4.79. The summed E-state index contributed by atoms with van der Waals surface area (Å²) in [6.07, 6.45) is 1.84. The number of ether oxygens (including phenoxy) is 2. The molecule has 0 spiro atoms. The SMILES string of the molecule is CCOc1cccc([C@H]2c3c(oc4ccccc4c3=O)C(=O)N2C[C@@H]2CCCO2)c1. The molecule has 2 aromatic carbocycles. The zero-order valence-electron chi connectivity index (χ0n) is 16.8. The zero-order valence-corrected chi connectivity index (χ0v) is 16.8. The summed E-state index contributed by atoms with van der Waals surface area (Å²) in [7, 11) is 0. The lowest BCUT2D eigenvalue weighted by molar-refractivity contribution is 0.0486. The van der Waals surface area contributed by atoms with Gasteiger partial charge in [-0.05, 0) is 49.6 Å². The van der Waals surface area contributed by atoms with Crippen molar-refractivity contribution in [1.29, 1.82) is 0 Å². The third-order valence-corrected chi connectivity index (χ3v) is 5.78. The number of amides is 1. The maximum atomic E-state index is 13.4. The smallest absolute Gasteiger partial charge is 0.291 e. The molecule has 2 atom stereocenters. The highest BCUT2D eigenvalue weighted by molar-refractivity contribution is 5.99. The first kappa shape index (κ1) is 18.9. The first-order valence-corrected chi connectivity index (χ1v) is 10.4. The van der Waals surface area contributed by atoms with E-state index in [-0.39, 0.29) is 23.2 Å². The second kappa shape index (κ2) is 7.61. The molecule has 1 aromatic heterocycles. The number of hydrogen-bond donors (Lipinski definition) is 0. The molecular weight excluding hydrogens is 382 g/mol. The fraction of sp³-hybridized carbons (Fsp3) is 0.333. The number of hydrogen-bond acceptors (Lipinski definition) is 5. The van der Waals surface area contributed by atoms with Gasteiger partial charge in [0.1, 0.15) is 11.3 Å². The standard InChI is InChI=1S/C24H23NO5/c1-2-28-16-8-5-7-15(13-16)21-20-22(26)18-10-3-4-11-19(18)30-23(20)24(27)25(21)14-17-9-6-12-29-17/h3-5,7-8,10-11,13,17,21H,2,6,9,12,14H2,1H3/t17-,21-/m0/s1. The van der Waals surface area contributed by atoms with Crippen LogP contribution in [0.15, 0.2) is 57.7 Å². The Morgan fingerprint density at radius 1 is 1.13 bits per heavy atom. The van der Waals surface area contributed by atoms with E-state index < -0.39 is 6.04 Å². The first-order valence-electron chi connectivity index (χ1n) is 10.4. The lowest BCUT2D eigenvalue weighted by Gasteiger charge is -2.27. The van der Waals surface area contributed by atoms with Crippen molar-refractivity contribution in [3.05, 3.63) is 75.6 Å². The van der Waals surface area contributed by atoms with E-state index in [0.29, 0.717) is 42.0 Å². The molecule has 0 radical (unpaired) electrons. The molecule has 1 saturated heterocycles. The van der Waals surface area contributed by atoms with E-state index in [9.17, 15) is 9.59 Å². The van der Waals surface area contributed by atoms with Gasteiger partial charge in [-0.25, -0.2) is 0 Å². The van der Waals surface area contributed by atoms with Crippen LogP contribution in [0.5, 0.6) is 5.75 Å². The van der Waals surface area contributed by atoms with Crippen LogP contribution in [0.1, 0.15) is 47.5 Å². The quantitative estimate of drug-likeness (QED) is 0.644. The molecule has 0 unspecified atom stereocenters. The Balaban J connectivity index is 1.68. The van der Waals surface area contributed by atoms with Crippen LogP contribution in [0.25, 0.3) is 11.0 Å². The average Bonchev–Trinajstić information content (AvgIpc) is 3.37. The molecule has 6 nitrogen and oxygen atoms in total. The third kappa shape index (κ3) is 3.08. The Hall–Kier alpha value is -3.12. The van der Waals surface area contributed by atoms with Gasteiger partial charge in [0, 0.05) is 13.2 Å². The summed E-state index contributed by atoms with van der Waals surface area (Å²) in [6, 6.07) is 14.1. The molecular formula is C24H23NO5. The zero-order chi connectivity index (χ0) is 20.7. The lowest BCUT2D eigenvalue weighted by Crippen LogP contribution is -2.36. The van der Waals surface area contributed by atoms with E-state index in [4.69, 9.17) is 13.9 Å². The molecule has 2 aliphatic rings. The number of fused-ring (bicyclic) bond motifs is 2. The predicted molar refractivity (Wildman–Crippen MR) is 112 cm³/mol. The highest BCUT2D eigenvalue weighted by Crippen LogP contribution is 2.39. The van der Waals surface area contributed by atoms with Crippen LogP contribution in [0.2, 0.25) is 0 Å². The van der Waals surface area contributed by atoms with Crippen molar-refractivity contribution in [3.8, 4) is 5.75 Å². The summed E-state index contributed by atoms with van der Waals surface area (Å²) in [5, 5.41) is 0.481. The average molecular weight is 405 g/mol. The minimum atomic E-state index is -0.530. The number of nitrogens with zero attached hydrogens (tertiary/aromatic N) is 1. The summed E-state index contributed by atoms with van der Waals surface area (Å²) in [6.45, 7) is 3.58. The molecule has 3 heterocycles. The van der Waals surface area contributed by atoms with Crippen molar-refractivity contribution in [1.82, 2.24) is 4.90 Å². The Bertz CT molecular complexity index is 1160. The molecule has 2 aliphatic heterocycles. The molecule has 0 saturated carbocycles.